The first-order valence-electron chi connectivity index (χ1n) is 7.81. The molecule has 0 atom stereocenters. The van der Waals surface area contributed by atoms with E-state index < -0.39 is 7.12 Å². The second-order valence-electron chi connectivity index (χ2n) is 5.11. The van der Waals surface area contributed by atoms with Crippen LogP contribution in [0.2, 0.25) is 0 Å². The van der Waals surface area contributed by atoms with Gasteiger partial charge in [-0.05, 0) is 54.0 Å². The smallest absolute Gasteiger partial charge is 0.423 e. The van der Waals surface area contributed by atoms with Gasteiger partial charge in [0.15, 0.2) is 0 Å². The Bertz CT molecular complexity index is 633. The molecule has 2 aromatic rings. The van der Waals surface area contributed by atoms with Crippen molar-refractivity contribution in [2.24, 2.45) is 0 Å². The monoisotopic (exact) mass is 333 g/mol. The maximum absolute atomic E-state index is 13.9. The number of halogens is 1. The topological polar surface area (TPSA) is 52.5 Å². The lowest BCUT2D eigenvalue weighted by Gasteiger charge is -2.09. The van der Waals surface area contributed by atoms with Gasteiger partial charge in [-0.1, -0.05) is 38.1 Å². The van der Waals surface area contributed by atoms with Crippen molar-refractivity contribution in [2.75, 3.05) is 4.72 Å². The Morgan fingerprint density at radius 2 is 1.74 bits per heavy atom. The molecule has 0 heterocycles. The first kappa shape index (κ1) is 17.9. The van der Waals surface area contributed by atoms with Crippen molar-refractivity contribution >= 4 is 30.2 Å². The largest absolute Gasteiger partial charge is 0.488 e. The van der Waals surface area contributed by atoms with Gasteiger partial charge in [-0.3, -0.25) is 0 Å². The lowest BCUT2D eigenvalue weighted by atomic mass is 9.79. The van der Waals surface area contributed by atoms with Gasteiger partial charge < -0.3 is 14.8 Å². The number of hydrogen-bond donors (Lipinski definition) is 3. The average molecular weight is 333 g/mol. The molecule has 0 spiro atoms. The van der Waals surface area contributed by atoms with Crippen LogP contribution in [0.1, 0.15) is 26.7 Å². The average Bonchev–Trinajstić information content (AvgIpc) is 3.40. The first-order valence-corrected chi connectivity index (χ1v) is 8.69. The Kier molecular flexibility index (Phi) is 6.51. The predicted molar refractivity (Wildman–Crippen MR) is 97.2 cm³/mol. The van der Waals surface area contributed by atoms with Crippen molar-refractivity contribution in [1.82, 2.24) is 0 Å². The van der Waals surface area contributed by atoms with E-state index in [9.17, 15) is 14.4 Å². The quantitative estimate of drug-likeness (QED) is 0.580. The van der Waals surface area contributed by atoms with Crippen molar-refractivity contribution in [3.05, 3.63) is 48.3 Å². The molecule has 0 unspecified atom stereocenters. The van der Waals surface area contributed by atoms with E-state index in [4.69, 9.17) is 0 Å². The zero-order valence-electron chi connectivity index (χ0n) is 13.3. The molecule has 0 aromatic heterocycles. The van der Waals surface area contributed by atoms with Crippen LogP contribution < -0.4 is 10.2 Å². The molecule has 3 rings (SSSR count). The summed E-state index contributed by atoms with van der Waals surface area (Å²) in [6.07, 6.45) is 2.52. The maximum atomic E-state index is 13.9. The second-order valence-corrected chi connectivity index (χ2v) is 6.22. The molecule has 1 fully saturated rings. The van der Waals surface area contributed by atoms with Crippen LogP contribution in [0.5, 0.6) is 0 Å². The molecule has 6 heteroatoms. The molecule has 0 radical (unpaired) electrons. The highest BCUT2D eigenvalue weighted by molar-refractivity contribution is 8.01. The Hall–Kier alpha value is -1.50. The third-order valence-corrected chi connectivity index (χ3v) is 4.51. The summed E-state index contributed by atoms with van der Waals surface area (Å²) in [5.74, 6) is -0.382. The van der Waals surface area contributed by atoms with E-state index in [1.165, 1.54) is 31.0 Å². The Morgan fingerprint density at radius 3 is 2.30 bits per heavy atom. The van der Waals surface area contributed by atoms with Crippen LogP contribution in [0.25, 0.3) is 11.1 Å². The van der Waals surface area contributed by atoms with Crippen LogP contribution in [-0.2, 0) is 0 Å². The van der Waals surface area contributed by atoms with Crippen molar-refractivity contribution in [3.63, 3.8) is 0 Å². The van der Waals surface area contributed by atoms with Crippen molar-refractivity contribution in [3.8, 4) is 11.1 Å². The molecule has 1 aliphatic carbocycles. The van der Waals surface area contributed by atoms with Crippen LogP contribution in [0.15, 0.2) is 42.5 Å². The summed E-state index contributed by atoms with van der Waals surface area (Å²) in [6, 6.07) is 11.5. The van der Waals surface area contributed by atoms with Crippen LogP contribution >= 0.6 is 11.9 Å². The lowest BCUT2D eigenvalue weighted by molar-refractivity contribution is 0.425. The molecular formula is C17H21BFNO2S. The van der Waals surface area contributed by atoms with E-state index in [1.54, 1.807) is 11.9 Å². The minimum absolute atomic E-state index is 0.276. The van der Waals surface area contributed by atoms with Gasteiger partial charge in [0.05, 0.1) is 0 Å². The maximum Gasteiger partial charge on any atom is 0.488 e. The van der Waals surface area contributed by atoms with Gasteiger partial charge in [0.1, 0.15) is 5.82 Å². The SMILES string of the molecule is CC.OB(O)c1ccc(F)c(-c2ccc(NSC3CC3)cc2)c1. The fraction of sp³-hybridized carbons (Fsp3) is 0.294. The normalized spacial score (nSPS) is 13.1. The molecule has 23 heavy (non-hydrogen) atoms. The standard InChI is InChI=1S/C15H15BFNO2S.C2H6/c17-15-8-3-11(16(19)20)9-14(15)10-1-4-12(5-2-10)18-21-13-6-7-13;1-2/h1-5,8-9,13,18-20H,6-7H2;1-2H3. The number of rotatable bonds is 5. The van der Waals surface area contributed by atoms with E-state index >= 15 is 0 Å². The van der Waals surface area contributed by atoms with Crippen LogP contribution in [-0.4, -0.2) is 22.4 Å². The zero-order chi connectivity index (χ0) is 16.8. The second kappa shape index (κ2) is 8.38. The molecule has 0 amide bonds. The van der Waals surface area contributed by atoms with Crippen molar-refractivity contribution in [1.29, 1.82) is 0 Å². The van der Waals surface area contributed by atoms with E-state index in [0.717, 1.165) is 5.69 Å². The highest BCUT2D eigenvalue weighted by atomic mass is 32.2. The molecule has 3 nitrogen and oxygen atoms in total. The summed E-state index contributed by atoms with van der Waals surface area (Å²) >= 11 is 1.72. The zero-order valence-corrected chi connectivity index (χ0v) is 14.1. The van der Waals surface area contributed by atoms with Gasteiger partial charge in [-0.15, -0.1) is 0 Å². The van der Waals surface area contributed by atoms with Crippen LogP contribution in [0.4, 0.5) is 10.1 Å². The summed E-state index contributed by atoms with van der Waals surface area (Å²) in [6.45, 7) is 4.00. The summed E-state index contributed by atoms with van der Waals surface area (Å²) in [5.41, 5.74) is 2.33. The summed E-state index contributed by atoms with van der Waals surface area (Å²) < 4.78 is 17.2. The van der Waals surface area contributed by atoms with Crippen LogP contribution in [0, 0.1) is 5.82 Å². The third-order valence-electron chi connectivity index (χ3n) is 3.35. The fourth-order valence-corrected chi connectivity index (χ4v) is 2.79. The summed E-state index contributed by atoms with van der Waals surface area (Å²) in [5, 5.41) is 19.1. The number of hydrogen-bond acceptors (Lipinski definition) is 4. The van der Waals surface area contributed by atoms with Gasteiger partial charge >= 0.3 is 7.12 Å². The van der Waals surface area contributed by atoms with Gasteiger partial charge in [-0.25, -0.2) is 4.39 Å². The minimum atomic E-state index is -1.60. The van der Waals surface area contributed by atoms with Crippen molar-refractivity contribution in [2.45, 2.75) is 31.9 Å². The predicted octanol–water partition coefficient (Wildman–Crippen LogP) is 3.42. The molecule has 0 aliphatic heterocycles. The molecule has 1 aliphatic rings. The molecular weight excluding hydrogens is 312 g/mol. The lowest BCUT2D eigenvalue weighted by Crippen LogP contribution is -2.29. The van der Waals surface area contributed by atoms with Gasteiger partial charge in [0.2, 0.25) is 0 Å². The number of nitrogens with one attached hydrogen (secondary N) is 1. The van der Waals surface area contributed by atoms with E-state index in [0.29, 0.717) is 16.4 Å². The third kappa shape index (κ3) is 4.99. The fourth-order valence-electron chi connectivity index (χ4n) is 1.98. The molecule has 0 saturated heterocycles. The van der Waals surface area contributed by atoms with E-state index in [2.05, 4.69) is 4.72 Å². The highest BCUT2D eigenvalue weighted by Gasteiger charge is 2.22. The van der Waals surface area contributed by atoms with E-state index in [-0.39, 0.29) is 11.3 Å². The summed E-state index contributed by atoms with van der Waals surface area (Å²) in [7, 11) is -1.60. The molecule has 122 valence electrons. The summed E-state index contributed by atoms with van der Waals surface area (Å²) in [4.78, 5) is 0. The Morgan fingerprint density at radius 1 is 1.09 bits per heavy atom. The molecule has 0 bridgehead atoms. The molecule has 3 N–H and O–H groups in total. The molecule has 1 saturated carbocycles. The van der Waals surface area contributed by atoms with Crippen molar-refractivity contribution < 1.29 is 14.4 Å². The Labute approximate surface area is 141 Å². The Balaban J connectivity index is 0.000000924. The van der Waals surface area contributed by atoms with Gasteiger partial charge in [-0.2, -0.15) is 0 Å². The van der Waals surface area contributed by atoms with E-state index in [1.807, 2.05) is 38.1 Å². The van der Waals surface area contributed by atoms with Gasteiger partial charge in [0, 0.05) is 16.5 Å². The first-order chi connectivity index (χ1) is 11.1. The van der Waals surface area contributed by atoms with Gasteiger partial charge in [0.25, 0.3) is 0 Å². The highest BCUT2D eigenvalue weighted by Crippen LogP contribution is 2.34. The molecule has 2 aromatic carbocycles. The number of anilines is 1. The van der Waals surface area contributed by atoms with Crippen LogP contribution in [0.3, 0.4) is 0 Å². The minimum Gasteiger partial charge on any atom is -0.423 e. The number of benzene rings is 2.